The summed E-state index contributed by atoms with van der Waals surface area (Å²) in [5, 5.41) is 4.21. The molecule has 0 aliphatic heterocycles. The van der Waals surface area contributed by atoms with Crippen LogP contribution in [0.2, 0.25) is 0 Å². The molecule has 0 fully saturated rings. The van der Waals surface area contributed by atoms with Crippen LogP contribution in [-0.4, -0.2) is 9.97 Å². The smallest absolute Gasteiger partial charge is 0.143 e. The van der Waals surface area contributed by atoms with E-state index >= 15 is 0 Å². The topological polar surface area (TPSA) is 35.0 Å². The molecule has 128 valence electrons. The number of benzene rings is 3. The number of para-hydroxylation sites is 1. The van der Waals surface area contributed by atoms with Crippen molar-refractivity contribution in [3.8, 4) is 22.8 Å². The van der Waals surface area contributed by atoms with Gasteiger partial charge in [0.05, 0.1) is 5.69 Å². The molecule has 0 bridgehead atoms. The molecule has 5 aromatic rings. The highest BCUT2D eigenvalue weighted by Gasteiger charge is 2.17. The van der Waals surface area contributed by atoms with Crippen molar-refractivity contribution in [1.82, 2.24) is 9.97 Å². The van der Waals surface area contributed by atoms with Crippen molar-refractivity contribution in [2.45, 2.75) is 0 Å². The lowest BCUT2D eigenvalue weighted by molar-refractivity contribution is 0.494. The van der Waals surface area contributed by atoms with Crippen molar-refractivity contribution in [2.75, 3.05) is 0 Å². The maximum atomic E-state index is 6.35. The first kappa shape index (κ1) is 15.5. The third-order valence-electron chi connectivity index (χ3n) is 4.66. The average Bonchev–Trinajstić information content (AvgIpc) is 2.75. The van der Waals surface area contributed by atoms with Crippen molar-refractivity contribution in [3.63, 3.8) is 0 Å². The molecule has 0 N–H and O–H groups in total. The van der Waals surface area contributed by atoms with Gasteiger partial charge in [-0.1, -0.05) is 48.5 Å². The summed E-state index contributed by atoms with van der Waals surface area (Å²) >= 11 is 0. The number of hydrogen-bond acceptors (Lipinski definition) is 3. The van der Waals surface area contributed by atoms with Crippen molar-refractivity contribution in [1.29, 1.82) is 0 Å². The standard InChI is InChI=1S/C24H16N2O/c1-2-8-17(9-3-1)27-24-19-11-5-4-10-18(19)23(22-12-6-7-14-26-22)21-16-25-15-13-20(21)24/h1-16H. The molecular formula is C24H16N2O. The Morgan fingerprint density at radius 3 is 2.15 bits per heavy atom. The Hall–Kier alpha value is -3.72. The van der Waals surface area contributed by atoms with Crippen LogP contribution in [0.25, 0.3) is 32.8 Å². The van der Waals surface area contributed by atoms with Crippen LogP contribution in [0.3, 0.4) is 0 Å². The molecule has 0 saturated carbocycles. The molecule has 0 radical (unpaired) electrons. The lowest BCUT2D eigenvalue weighted by Crippen LogP contribution is -1.93. The zero-order valence-corrected chi connectivity index (χ0v) is 14.5. The van der Waals surface area contributed by atoms with Gasteiger partial charge in [0.1, 0.15) is 11.5 Å². The molecule has 2 heterocycles. The lowest BCUT2D eigenvalue weighted by Gasteiger charge is -2.16. The number of aromatic nitrogens is 2. The summed E-state index contributed by atoms with van der Waals surface area (Å²) in [6, 6.07) is 26.1. The minimum atomic E-state index is 0.811. The highest BCUT2D eigenvalue weighted by Crippen LogP contribution is 2.43. The summed E-state index contributed by atoms with van der Waals surface area (Å²) in [5.74, 6) is 1.65. The summed E-state index contributed by atoms with van der Waals surface area (Å²) in [4.78, 5) is 8.96. The van der Waals surface area contributed by atoms with E-state index in [-0.39, 0.29) is 0 Å². The first-order valence-corrected chi connectivity index (χ1v) is 8.84. The zero-order valence-electron chi connectivity index (χ0n) is 14.5. The summed E-state index contributed by atoms with van der Waals surface area (Å²) in [6.07, 6.45) is 5.52. The van der Waals surface area contributed by atoms with E-state index in [0.717, 1.165) is 44.3 Å². The fraction of sp³-hybridized carbons (Fsp3) is 0. The highest BCUT2D eigenvalue weighted by molar-refractivity contribution is 6.16. The molecule has 3 aromatic carbocycles. The fourth-order valence-corrected chi connectivity index (χ4v) is 3.48. The van der Waals surface area contributed by atoms with Gasteiger partial charge in [-0.15, -0.1) is 0 Å². The Balaban J connectivity index is 1.89. The average molecular weight is 348 g/mol. The van der Waals surface area contributed by atoms with Crippen molar-refractivity contribution in [2.24, 2.45) is 0 Å². The third kappa shape index (κ3) is 2.70. The van der Waals surface area contributed by atoms with E-state index in [1.807, 2.05) is 79.1 Å². The largest absolute Gasteiger partial charge is 0.456 e. The van der Waals surface area contributed by atoms with Crippen LogP contribution in [0.4, 0.5) is 0 Å². The third-order valence-corrected chi connectivity index (χ3v) is 4.66. The molecule has 2 aromatic heterocycles. The van der Waals surface area contributed by atoms with Gasteiger partial charge in [-0.05, 0) is 35.7 Å². The van der Waals surface area contributed by atoms with E-state index in [9.17, 15) is 0 Å². The SMILES string of the molecule is c1ccc(Oc2c3ccccc3c(-c3ccccn3)c3cnccc23)cc1. The van der Waals surface area contributed by atoms with E-state index in [2.05, 4.69) is 22.1 Å². The molecule has 0 atom stereocenters. The van der Waals surface area contributed by atoms with Gasteiger partial charge in [-0.2, -0.15) is 0 Å². The number of nitrogens with zero attached hydrogens (tertiary/aromatic N) is 2. The number of pyridine rings is 2. The van der Waals surface area contributed by atoms with E-state index in [1.54, 1.807) is 6.20 Å². The molecule has 3 heteroatoms. The number of fused-ring (bicyclic) bond motifs is 2. The van der Waals surface area contributed by atoms with Gasteiger partial charge in [0, 0.05) is 40.3 Å². The first-order chi connectivity index (χ1) is 13.4. The van der Waals surface area contributed by atoms with E-state index in [0.29, 0.717) is 0 Å². The van der Waals surface area contributed by atoms with Crippen molar-refractivity contribution >= 4 is 21.5 Å². The Kier molecular flexibility index (Phi) is 3.76. The molecule has 27 heavy (non-hydrogen) atoms. The quantitative estimate of drug-likeness (QED) is 0.362. The van der Waals surface area contributed by atoms with Crippen LogP contribution in [-0.2, 0) is 0 Å². The molecule has 0 amide bonds. The number of hydrogen-bond donors (Lipinski definition) is 0. The molecule has 0 aliphatic carbocycles. The van der Waals surface area contributed by atoms with Gasteiger partial charge in [-0.3, -0.25) is 9.97 Å². The second-order valence-electron chi connectivity index (χ2n) is 6.30. The second kappa shape index (κ2) is 6.54. The Bertz CT molecular complexity index is 1180. The van der Waals surface area contributed by atoms with Crippen molar-refractivity contribution in [3.05, 3.63) is 97.5 Å². The summed E-state index contributed by atoms with van der Waals surface area (Å²) in [5.41, 5.74) is 2.01. The molecule has 0 aliphatic rings. The van der Waals surface area contributed by atoms with Crippen LogP contribution in [0.1, 0.15) is 0 Å². The summed E-state index contributed by atoms with van der Waals surface area (Å²) in [6.45, 7) is 0. The lowest BCUT2D eigenvalue weighted by atomic mass is 9.94. The van der Waals surface area contributed by atoms with E-state index in [1.165, 1.54) is 0 Å². The van der Waals surface area contributed by atoms with Gasteiger partial charge in [0.15, 0.2) is 0 Å². The van der Waals surface area contributed by atoms with Crippen LogP contribution in [0.15, 0.2) is 97.5 Å². The molecule has 0 unspecified atom stereocenters. The molecule has 3 nitrogen and oxygen atoms in total. The summed E-state index contributed by atoms with van der Waals surface area (Å²) < 4.78 is 6.35. The van der Waals surface area contributed by atoms with Gasteiger partial charge in [0.25, 0.3) is 0 Å². The molecule has 0 saturated heterocycles. The van der Waals surface area contributed by atoms with Gasteiger partial charge in [-0.25, -0.2) is 0 Å². The second-order valence-corrected chi connectivity index (χ2v) is 6.30. The minimum Gasteiger partial charge on any atom is -0.456 e. The maximum absolute atomic E-state index is 6.35. The zero-order chi connectivity index (χ0) is 18.1. The Morgan fingerprint density at radius 1 is 0.593 bits per heavy atom. The van der Waals surface area contributed by atoms with Gasteiger partial charge < -0.3 is 4.74 Å². The van der Waals surface area contributed by atoms with Gasteiger partial charge >= 0.3 is 0 Å². The van der Waals surface area contributed by atoms with E-state index in [4.69, 9.17) is 4.74 Å². The predicted molar refractivity (Wildman–Crippen MR) is 109 cm³/mol. The van der Waals surface area contributed by atoms with Crippen LogP contribution in [0.5, 0.6) is 11.5 Å². The number of ether oxygens (including phenoxy) is 1. The van der Waals surface area contributed by atoms with Crippen LogP contribution in [0, 0.1) is 0 Å². The van der Waals surface area contributed by atoms with Crippen LogP contribution >= 0.6 is 0 Å². The fourth-order valence-electron chi connectivity index (χ4n) is 3.48. The van der Waals surface area contributed by atoms with Crippen LogP contribution < -0.4 is 4.74 Å². The van der Waals surface area contributed by atoms with E-state index < -0.39 is 0 Å². The Labute approximate surface area is 156 Å². The monoisotopic (exact) mass is 348 g/mol. The molecule has 5 rings (SSSR count). The van der Waals surface area contributed by atoms with Gasteiger partial charge in [0.2, 0.25) is 0 Å². The normalized spacial score (nSPS) is 11.0. The molecular weight excluding hydrogens is 332 g/mol. The Morgan fingerprint density at radius 2 is 1.33 bits per heavy atom. The molecule has 0 spiro atoms. The highest BCUT2D eigenvalue weighted by atomic mass is 16.5. The first-order valence-electron chi connectivity index (χ1n) is 8.84. The predicted octanol–water partition coefficient (Wildman–Crippen LogP) is 6.24. The van der Waals surface area contributed by atoms with Crippen molar-refractivity contribution < 1.29 is 4.74 Å². The number of rotatable bonds is 3. The maximum Gasteiger partial charge on any atom is 0.143 e. The minimum absolute atomic E-state index is 0.811. The summed E-state index contributed by atoms with van der Waals surface area (Å²) in [7, 11) is 0.